The normalized spacial score (nSPS) is 11.0. The number of aryl methyl sites for hydroxylation is 1. The van der Waals surface area contributed by atoms with Crippen molar-refractivity contribution in [1.82, 2.24) is 5.43 Å². The van der Waals surface area contributed by atoms with Crippen LogP contribution in [-0.2, 0) is 4.79 Å². The van der Waals surface area contributed by atoms with Crippen molar-refractivity contribution >= 4 is 29.4 Å². The third-order valence-corrected chi connectivity index (χ3v) is 5.30. The fourth-order valence-electron chi connectivity index (χ4n) is 2.66. The van der Waals surface area contributed by atoms with E-state index in [0.717, 1.165) is 16.7 Å². The van der Waals surface area contributed by atoms with Crippen molar-refractivity contribution < 1.29 is 19.1 Å². The fraction of sp³-hybridized carbons (Fsp3) is 0.208. The van der Waals surface area contributed by atoms with Gasteiger partial charge in [0.1, 0.15) is 16.4 Å². The second-order valence-corrected chi connectivity index (χ2v) is 8.15. The van der Waals surface area contributed by atoms with Crippen molar-refractivity contribution in [2.75, 3.05) is 6.61 Å². The number of esters is 1. The van der Waals surface area contributed by atoms with E-state index in [0.29, 0.717) is 22.3 Å². The molecule has 0 spiro atoms. The number of hydrogen-bond acceptors (Lipinski definition) is 6. The Morgan fingerprint density at radius 3 is 2.58 bits per heavy atom. The van der Waals surface area contributed by atoms with Gasteiger partial charge in [0.05, 0.1) is 6.21 Å². The molecule has 3 aromatic rings. The smallest absolute Gasteiger partial charge is 0.353 e. The molecule has 0 aliphatic carbocycles. The second-order valence-electron chi connectivity index (χ2n) is 7.20. The maximum absolute atomic E-state index is 12.0. The Morgan fingerprint density at radius 2 is 1.90 bits per heavy atom. The molecule has 31 heavy (non-hydrogen) atoms. The topological polar surface area (TPSA) is 77.0 Å². The lowest BCUT2D eigenvalue weighted by atomic mass is 10.0. The molecule has 0 fully saturated rings. The first kappa shape index (κ1) is 22.2. The molecule has 0 atom stereocenters. The molecule has 160 valence electrons. The monoisotopic (exact) mass is 436 g/mol. The van der Waals surface area contributed by atoms with Crippen molar-refractivity contribution in [1.29, 1.82) is 0 Å². The molecule has 6 nitrogen and oxygen atoms in total. The zero-order chi connectivity index (χ0) is 22.2. The summed E-state index contributed by atoms with van der Waals surface area (Å²) >= 11 is 1.33. The van der Waals surface area contributed by atoms with Gasteiger partial charge in [-0.15, -0.1) is 11.3 Å². The van der Waals surface area contributed by atoms with Crippen molar-refractivity contribution in [2.45, 2.75) is 26.7 Å². The van der Waals surface area contributed by atoms with Crippen LogP contribution in [0.4, 0.5) is 0 Å². The first-order valence-electron chi connectivity index (χ1n) is 9.83. The Hall–Kier alpha value is -3.45. The van der Waals surface area contributed by atoms with Crippen LogP contribution in [0, 0.1) is 6.92 Å². The molecule has 1 heterocycles. The van der Waals surface area contributed by atoms with Gasteiger partial charge in [0, 0.05) is 0 Å². The molecule has 2 aromatic carbocycles. The van der Waals surface area contributed by atoms with Crippen molar-refractivity contribution in [3.63, 3.8) is 0 Å². The van der Waals surface area contributed by atoms with Crippen LogP contribution in [0.1, 0.15) is 46.1 Å². The molecule has 0 saturated heterocycles. The van der Waals surface area contributed by atoms with E-state index in [1.54, 1.807) is 36.4 Å². The molecule has 7 heteroatoms. The van der Waals surface area contributed by atoms with Crippen LogP contribution in [0.25, 0.3) is 0 Å². The first-order valence-corrected chi connectivity index (χ1v) is 10.7. The quantitative estimate of drug-likeness (QED) is 0.235. The predicted octanol–water partition coefficient (Wildman–Crippen LogP) is 4.93. The highest BCUT2D eigenvalue weighted by Crippen LogP contribution is 2.24. The van der Waals surface area contributed by atoms with Gasteiger partial charge in [-0.05, 0) is 71.3 Å². The molecule has 3 rings (SSSR count). The summed E-state index contributed by atoms with van der Waals surface area (Å²) in [6.07, 6.45) is 1.51. The van der Waals surface area contributed by atoms with E-state index >= 15 is 0 Å². The van der Waals surface area contributed by atoms with Gasteiger partial charge in [0.2, 0.25) is 0 Å². The molecular weight excluding hydrogens is 412 g/mol. The minimum atomic E-state index is -0.391. The molecule has 0 radical (unpaired) electrons. The Morgan fingerprint density at radius 1 is 1.13 bits per heavy atom. The summed E-state index contributed by atoms with van der Waals surface area (Å²) in [6, 6.07) is 16.3. The van der Waals surface area contributed by atoms with Gasteiger partial charge in [0.15, 0.2) is 6.61 Å². The van der Waals surface area contributed by atoms with E-state index in [9.17, 15) is 9.59 Å². The lowest BCUT2D eigenvalue weighted by Crippen LogP contribution is -2.24. The molecule has 0 aliphatic heterocycles. The van der Waals surface area contributed by atoms with Crippen LogP contribution in [0.5, 0.6) is 11.5 Å². The third kappa shape index (κ3) is 6.52. The van der Waals surface area contributed by atoms with Crippen LogP contribution in [0.2, 0.25) is 0 Å². The molecule has 0 saturated carbocycles. The number of carbonyl (C=O) groups is 2. The summed E-state index contributed by atoms with van der Waals surface area (Å²) in [5.41, 5.74) is 5.32. The van der Waals surface area contributed by atoms with E-state index in [2.05, 4.69) is 30.4 Å². The number of thiophene rings is 1. The Balaban J connectivity index is 1.47. The van der Waals surface area contributed by atoms with Crippen LogP contribution in [0.3, 0.4) is 0 Å². The lowest BCUT2D eigenvalue weighted by Gasteiger charge is -2.12. The van der Waals surface area contributed by atoms with Gasteiger partial charge in [-0.2, -0.15) is 5.10 Å². The number of amides is 1. The third-order valence-electron chi connectivity index (χ3n) is 4.45. The summed E-state index contributed by atoms with van der Waals surface area (Å²) in [5.74, 6) is 0.766. The number of carbonyl (C=O) groups excluding carboxylic acids is 2. The maximum atomic E-state index is 12.0. The highest BCUT2D eigenvalue weighted by atomic mass is 32.1. The zero-order valence-corrected chi connectivity index (χ0v) is 18.4. The van der Waals surface area contributed by atoms with Gasteiger partial charge in [-0.1, -0.05) is 32.0 Å². The van der Waals surface area contributed by atoms with Gasteiger partial charge in [0.25, 0.3) is 5.91 Å². The Kier molecular flexibility index (Phi) is 7.56. The van der Waals surface area contributed by atoms with Crippen LogP contribution >= 0.6 is 11.3 Å². The summed E-state index contributed by atoms with van der Waals surface area (Å²) in [4.78, 5) is 24.5. The molecule has 0 unspecified atom stereocenters. The Labute approximate surface area is 185 Å². The van der Waals surface area contributed by atoms with E-state index in [-0.39, 0.29) is 12.5 Å². The van der Waals surface area contributed by atoms with Gasteiger partial charge < -0.3 is 9.47 Å². The van der Waals surface area contributed by atoms with Crippen molar-refractivity contribution in [3.8, 4) is 11.5 Å². The van der Waals surface area contributed by atoms with Crippen molar-refractivity contribution in [3.05, 3.63) is 81.5 Å². The fourth-order valence-corrected chi connectivity index (χ4v) is 3.26. The van der Waals surface area contributed by atoms with E-state index in [4.69, 9.17) is 9.47 Å². The average Bonchev–Trinajstić information content (AvgIpc) is 3.29. The van der Waals surface area contributed by atoms with Crippen molar-refractivity contribution in [2.24, 2.45) is 5.10 Å². The van der Waals surface area contributed by atoms with E-state index in [1.807, 2.05) is 24.4 Å². The molecule has 0 aliphatic rings. The average molecular weight is 437 g/mol. The Bertz CT molecular complexity index is 1060. The molecule has 0 bridgehead atoms. The summed E-state index contributed by atoms with van der Waals surface area (Å²) in [5, 5.41) is 5.76. The maximum Gasteiger partial charge on any atom is 0.353 e. The van der Waals surface area contributed by atoms with Gasteiger partial charge >= 0.3 is 5.97 Å². The summed E-state index contributed by atoms with van der Waals surface area (Å²) < 4.78 is 10.9. The number of nitrogens with one attached hydrogen (secondary N) is 1. The van der Waals surface area contributed by atoms with E-state index in [1.165, 1.54) is 17.6 Å². The summed E-state index contributed by atoms with van der Waals surface area (Å²) in [6.45, 7) is 6.03. The number of benzene rings is 2. The largest absolute Gasteiger partial charge is 0.483 e. The molecule has 1 amide bonds. The van der Waals surface area contributed by atoms with Gasteiger partial charge in [-0.25, -0.2) is 10.2 Å². The first-order chi connectivity index (χ1) is 14.9. The molecular formula is C24H24N2O4S. The second kappa shape index (κ2) is 10.5. The van der Waals surface area contributed by atoms with Crippen LogP contribution < -0.4 is 14.9 Å². The standard InChI is InChI=1S/C24H24N2O4S/c1-16(2)19-9-6-17(3)21(13-19)29-15-23(27)26-25-14-18-7-10-20(11-8-18)30-24(28)22-5-4-12-31-22/h4-14,16H,15H2,1-3H3,(H,26,27). The minimum absolute atomic E-state index is 0.128. The number of ether oxygens (including phenoxy) is 2. The molecule has 1 N–H and O–H groups in total. The zero-order valence-electron chi connectivity index (χ0n) is 17.6. The van der Waals surface area contributed by atoms with E-state index < -0.39 is 5.97 Å². The minimum Gasteiger partial charge on any atom is -0.483 e. The van der Waals surface area contributed by atoms with Gasteiger partial charge in [-0.3, -0.25) is 4.79 Å². The molecule has 1 aromatic heterocycles. The highest BCUT2D eigenvalue weighted by Gasteiger charge is 2.09. The number of rotatable bonds is 8. The number of nitrogens with zero attached hydrogens (tertiary/aromatic N) is 1. The number of hydrogen-bond donors (Lipinski definition) is 1. The number of hydrazone groups is 1. The lowest BCUT2D eigenvalue weighted by molar-refractivity contribution is -0.123. The summed E-state index contributed by atoms with van der Waals surface area (Å²) in [7, 11) is 0. The van der Waals surface area contributed by atoms with Crippen LogP contribution in [0.15, 0.2) is 65.1 Å². The predicted molar refractivity (Wildman–Crippen MR) is 122 cm³/mol. The highest BCUT2D eigenvalue weighted by molar-refractivity contribution is 7.12. The van der Waals surface area contributed by atoms with Crippen LogP contribution in [-0.4, -0.2) is 24.7 Å². The SMILES string of the molecule is Cc1ccc(C(C)C)cc1OCC(=O)NN=Cc1ccc(OC(=O)c2cccs2)cc1.